The Kier molecular flexibility index (Phi) is 7.39. The zero-order valence-electron chi connectivity index (χ0n) is 13.4. The third kappa shape index (κ3) is 4.47. The molecule has 0 saturated heterocycles. The normalized spacial score (nSPS) is 20.3. The van der Waals surface area contributed by atoms with Crippen LogP contribution in [-0.4, -0.2) is 63.9 Å². The van der Waals surface area contributed by atoms with Crippen LogP contribution in [0.2, 0.25) is 0 Å². The summed E-state index contributed by atoms with van der Waals surface area (Å²) < 4.78 is 16.6. The Labute approximate surface area is 136 Å². The molecule has 7 heteroatoms. The average Bonchev–Trinajstić information content (AvgIpc) is 2.53. The van der Waals surface area contributed by atoms with Gasteiger partial charge in [-0.1, -0.05) is 0 Å². The smallest absolute Gasteiger partial charge is 0.248 e. The third-order valence-corrected chi connectivity index (χ3v) is 3.31. The second-order valence-corrected chi connectivity index (χ2v) is 5.26. The molecule has 22 heavy (non-hydrogen) atoms. The molecule has 0 radical (unpaired) electrons. The molecule has 0 fully saturated rings. The van der Waals surface area contributed by atoms with Gasteiger partial charge in [-0.15, -0.1) is 11.6 Å². The molecule has 1 aliphatic carbocycles. The summed E-state index contributed by atoms with van der Waals surface area (Å²) in [5, 5.41) is 9.35. The summed E-state index contributed by atoms with van der Waals surface area (Å²) in [4.78, 5) is 6.16. The molecular formula is C15H22ClN3O3. The number of ether oxygens (including phenoxy) is 3. The van der Waals surface area contributed by atoms with Crippen LogP contribution in [0.4, 0.5) is 0 Å². The molecule has 0 bridgehead atoms. The molecule has 1 unspecified atom stereocenters. The van der Waals surface area contributed by atoms with Crippen LogP contribution in [0.1, 0.15) is 6.42 Å². The first-order valence-electron chi connectivity index (χ1n) is 6.87. The first-order valence-corrected chi connectivity index (χ1v) is 7.40. The van der Waals surface area contributed by atoms with Gasteiger partial charge in [-0.25, -0.2) is 0 Å². The predicted octanol–water partition coefficient (Wildman–Crippen LogP) is 1.93. The Morgan fingerprint density at radius 1 is 1.45 bits per heavy atom. The summed E-state index contributed by atoms with van der Waals surface area (Å²) in [6.07, 6.45) is 5.68. The number of aliphatic imine (C=N–C) groups is 1. The molecule has 1 rings (SSSR count). The molecule has 0 spiro atoms. The molecule has 0 amide bonds. The van der Waals surface area contributed by atoms with Gasteiger partial charge >= 0.3 is 0 Å². The lowest BCUT2D eigenvalue weighted by Crippen LogP contribution is -2.39. The van der Waals surface area contributed by atoms with Crippen LogP contribution < -0.4 is 0 Å². The Morgan fingerprint density at radius 3 is 2.64 bits per heavy atom. The van der Waals surface area contributed by atoms with Crippen LogP contribution in [0, 0.1) is 11.3 Å². The van der Waals surface area contributed by atoms with E-state index in [-0.39, 0.29) is 0 Å². The molecule has 1 atom stereocenters. The van der Waals surface area contributed by atoms with Gasteiger partial charge < -0.3 is 19.1 Å². The first-order chi connectivity index (χ1) is 10.5. The summed E-state index contributed by atoms with van der Waals surface area (Å²) in [5.74, 6) is -0.231. The van der Waals surface area contributed by atoms with Crippen molar-refractivity contribution >= 4 is 17.9 Å². The monoisotopic (exact) mass is 327 g/mol. The van der Waals surface area contributed by atoms with Crippen molar-refractivity contribution in [2.24, 2.45) is 4.99 Å². The quantitative estimate of drug-likeness (QED) is 0.224. The minimum absolute atomic E-state index is 0.433. The number of nitriles is 1. The molecule has 0 aromatic carbocycles. The van der Waals surface area contributed by atoms with E-state index >= 15 is 0 Å². The Morgan fingerprint density at radius 2 is 2.14 bits per heavy atom. The maximum absolute atomic E-state index is 9.35. The van der Waals surface area contributed by atoms with Gasteiger partial charge in [0.05, 0.1) is 24.6 Å². The zero-order valence-corrected chi connectivity index (χ0v) is 14.1. The van der Waals surface area contributed by atoms with Crippen LogP contribution in [0.25, 0.3) is 0 Å². The van der Waals surface area contributed by atoms with E-state index in [1.807, 2.05) is 14.1 Å². The van der Waals surface area contributed by atoms with E-state index in [9.17, 15) is 5.26 Å². The molecule has 0 aromatic heterocycles. The molecule has 0 aromatic rings. The van der Waals surface area contributed by atoms with Crippen LogP contribution in [0.3, 0.4) is 0 Å². The Hall–Kier alpha value is -1.55. The van der Waals surface area contributed by atoms with Crippen molar-refractivity contribution in [1.82, 2.24) is 4.90 Å². The standard InChI is InChI=1S/C15H22ClN3O3/c1-19(2)11-18-13-8-14(22-7-5-6-16)15(20-3,21-4)9-12(13)10-17/h8-9,11,13H,5-7H2,1-4H3/b18-11-. The summed E-state index contributed by atoms with van der Waals surface area (Å²) in [6, 6.07) is 1.70. The molecule has 0 saturated carbocycles. The fourth-order valence-corrected chi connectivity index (χ4v) is 2.03. The molecule has 0 aliphatic heterocycles. The number of halogens is 1. The number of alkyl halides is 1. The van der Waals surface area contributed by atoms with Crippen molar-refractivity contribution in [3.8, 4) is 6.07 Å². The second kappa shape index (κ2) is 8.79. The van der Waals surface area contributed by atoms with Crippen LogP contribution >= 0.6 is 11.6 Å². The molecule has 0 heterocycles. The lowest BCUT2D eigenvalue weighted by molar-refractivity contribution is -0.170. The molecular weight excluding hydrogens is 306 g/mol. The largest absolute Gasteiger partial charge is 0.492 e. The number of methoxy groups -OCH3 is 2. The van der Waals surface area contributed by atoms with Gasteiger partial charge in [0, 0.05) is 34.2 Å². The zero-order chi connectivity index (χ0) is 16.6. The van der Waals surface area contributed by atoms with Crippen LogP contribution in [-0.2, 0) is 14.2 Å². The summed E-state index contributed by atoms with van der Waals surface area (Å²) in [5.41, 5.74) is 0.437. The topological polar surface area (TPSA) is 67.1 Å². The predicted molar refractivity (Wildman–Crippen MR) is 85.8 cm³/mol. The van der Waals surface area contributed by atoms with E-state index < -0.39 is 11.8 Å². The number of hydrogen-bond donors (Lipinski definition) is 0. The fourth-order valence-electron chi connectivity index (χ4n) is 1.93. The molecule has 0 N–H and O–H groups in total. The second-order valence-electron chi connectivity index (χ2n) is 4.88. The minimum atomic E-state index is -1.21. The summed E-state index contributed by atoms with van der Waals surface area (Å²) in [7, 11) is 6.71. The Balaban J connectivity index is 3.12. The highest BCUT2D eigenvalue weighted by Crippen LogP contribution is 2.33. The van der Waals surface area contributed by atoms with Crippen LogP contribution in [0.15, 0.2) is 28.5 Å². The van der Waals surface area contributed by atoms with Gasteiger partial charge in [0.1, 0.15) is 6.04 Å². The lowest BCUT2D eigenvalue weighted by atomic mass is 9.96. The molecule has 6 nitrogen and oxygen atoms in total. The fraction of sp³-hybridized carbons (Fsp3) is 0.600. The summed E-state index contributed by atoms with van der Waals surface area (Å²) in [6.45, 7) is 0.434. The van der Waals surface area contributed by atoms with Crippen molar-refractivity contribution in [2.45, 2.75) is 18.2 Å². The maximum atomic E-state index is 9.35. The van der Waals surface area contributed by atoms with Crippen molar-refractivity contribution in [3.05, 3.63) is 23.5 Å². The Bertz CT molecular complexity index is 491. The van der Waals surface area contributed by atoms with E-state index in [0.29, 0.717) is 30.2 Å². The van der Waals surface area contributed by atoms with E-state index in [0.717, 1.165) is 0 Å². The average molecular weight is 328 g/mol. The first kappa shape index (κ1) is 18.5. The molecule has 1 aliphatic rings. The minimum Gasteiger partial charge on any atom is -0.492 e. The van der Waals surface area contributed by atoms with Gasteiger partial charge in [0.15, 0.2) is 5.76 Å². The van der Waals surface area contributed by atoms with E-state index in [1.54, 1.807) is 23.4 Å². The SMILES string of the molecule is COC1(OC)C=C(C#N)C(/N=C\N(C)C)C=C1OCCCCl. The van der Waals surface area contributed by atoms with Crippen molar-refractivity contribution in [1.29, 1.82) is 5.26 Å². The van der Waals surface area contributed by atoms with E-state index in [2.05, 4.69) is 11.1 Å². The summed E-state index contributed by atoms with van der Waals surface area (Å²) >= 11 is 5.67. The number of nitrogens with zero attached hydrogens (tertiary/aromatic N) is 3. The third-order valence-electron chi connectivity index (χ3n) is 3.05. The molecule has 122 valence electrons. The van der Waals surface area contributed by atoms with Crippen LogP contribution in [0.5, 0.6) is 0 Å². The maximum Gasteiger partial charge on any atom is 0.248 e. The van der Waals surface area contributed by atoms with Crippen molar-refractivity contribution < 1.29 is 14.2 Å². The van der Waals surface area contributed by atoms with Gasteiger partial charge in [0.2, 0.25) is 5.79 Å². The highest BCUT2D eigenvalue weighted by molar-refractivity contribution is 6.17. The van der Waals surface area contributed by atoms with Gasteiger partial charge in [-0.2, -0.15) is 5.26 Å². The van der Waals surface area contributed by atoms with Gasteiger partial charge in [0.25, 0.3) is 0 Å². The van der Waals surface area contributed by atoms with Gasteiger partial charge in [-0.3, -0.25) is 4.99 Å². The van der Waals surface area contributed by atoms with E-state index in [1.165, 1.54) is 14.2 Å². The van der Waals surface area contributed by atoms with Gasteiger partial charge in [-0.05, 0) is 18.6 Å². The highest BCUT2D eigenvalue weighted by atomic mass is 35.5. The lowest BCUT2D eigenvalue weighted by Gasteiger charge is -2.34. The van der Waals surface area contributed by atoms with Crippen molar-refractivity contribution in [2.75, 3.05) is 40.8 Å². The highest BCUT2D eigenvalue weighted by Gasteiger charge is 2.40. The van der Waals surface area contributed by atoms with E-state index in [4.69, 9.17) is 25.8 Å². The number of rotatable bonds is 8. The van der Waals surface area contributed by atoms with Crippen molar-refractivity contribution in [3.63, 3.8) is 0 Å². The number of hydrogen-bond acceptors (Lipinski definition) is 5.